The Hall–Kier alpha value is -1.96. The molecule has 0 heterocycles. The van der Waals surface area contributed by atoms with Crippen molar-refractivity contribution in [3.05, 3.63) is 93.0 Å². The number of aryl methyl sites for hydroxylation is 1. The van der Waals surface area contributed by atoms with Gasteiger partial charge in [0, 0.05) is 17.1 Å². The van der Waals surface area contributed by atoms with E-state index in [9.17, 15) is 8.42 Å². The van der Waals surface area contributed by atoms with Gasteiger partial charge in [-0.2, -0.15) is 0 Å². The van der Waals surface area contributed by atoms with E-state index in [1.165, 1.54) is 30.5 Å². The Morgan fingerprint density at radius 2 is 1.94 bits per heavy atom. The van der Waals surface area contributed by atoms with Crippen LogP contribution in [0.4, 0.5) is 5.69 Å². The van der Waals surface area contributed by atoms with Gasteiger partial charge < -0.3 is 4.74 Å². The van der Waals surface area contributed by atoms with Gasteiger partial charge in [0.1, 0.15) is 16.4 Å². The van der Waals surface area contributed by atoms with Gasteiger partial charge in [-0.1, -0.05) is 59.6 Å². The molecule has 0 aliphatic heterocycles. The Labute approximate surface area is 207 Å². The molecule has 3 rings (SSSR count). The third-order valence-electron chi connectivity index (χ3n) is 4.37. The average molecular weight is 532 g/mol. The van der Waals surface area contributed by atoms with Crippen LogP contribution in [-0.4, -0.2) is 20.0 Å². The molecule has 1 atom stereocenters. The second-order valence-corrected chi connectivity index (χ2v) is 10.3. The van der Waals surface area contributed by atoms with Gasteiger partial charge in [-0.25, -0.2) is 8.42 Å². The van der Waals surface area contributed by atoms with Crippen molar-refractivity contribution in [2.45, 2.75) is 23.6 Å². The first kappa shape index (κ1) is 24.7. The maximum absolute atomic E-state index is 12.7. The van der Waals surface area contributed by atoms with Crippen molar-refractivity contribution in [3.63, 3.8) is 0 Å². The number of aliphatic imine (C=N–C) groups is 1. The zero-order chi connectivity index (χ0) is 23.5. The maximum Gasteiger partial charge on any atom is 0.263 e. The van der Waals surface area contributed by atoms with Crippen molar-refractivity contribution < 1.29 is 13.2 Å². The molecule has 2 aromatic rings. The molecule has 10 heteroatoms. The van der Waals surface area contributed by atoms with Crippen LogP contribution < -0.4 is 4.72 Å². The van der Waals surface area contributed by atoms with Crippen LogP contribution in [0, 0.1) is 6.92 Å². The summed E-state index contributed by atoms with van der Waals surface area (Å²) in [6.07, 6.45) is 3.02. The van der Waals surface area contributed by atoms with Crippen LogP contribution in [-0.2, 0) is 14.8 Å². The predicted molar refractivity (Wildman–Crippen MR) is 132 cm³/mol. The van der Waals surface area contributed by atoms with Gasteiger partial charge in [-0.15, -0.1) is 11.6 Å². The number of allylic oxidation sites excluding steroid dienone is 5. The number of nitrogens with one attached hydrogen (secondary N) is 1. The molecule has 1 aliphatic rings. The fourth-order valence-corrected chi connectivity index (χ4v) is 5.40. The monoisotopic (exact) mass is 530 g/mol. The van der Waals surface area contributed by atoms with Crippen molar-refractivity contribution in [2.75, 3.05) is 0 Å². The molecule has 0 amide bonds. The Balaban J connectivity index is 1.75. The first-order chi connectivity index (χ1) is 15.1. The number of hydrogen-bond donors (Lipinski definition) is 1. The van der Waals surface area contributed by atoms with Gasteiger partial charge in [-0.3, -0.25) is 9.71 Å². The smallest absolute Gasteiger partial charge is 0.263 e. The van der Waals surface area contributed by atoms with Crippen molar-refractivity contribution in [1.29, 1.82) is 0 Å². The number of benzene rings is 2. The fraction of sp³-hybridized carbons (Fsp3) is 0.136. The highest BCUT2D eigenvalue weighted by molar-refractivity contribution is 7.89. The third kappa shape index (κ3) is 6.09. The van der Waals surface area contributed by atoms with E-state index < -0.39 is 15.4 Å². The van der Waals surface area contributed by atoms with E-state index in [1.807, 2.05) is 31.2 Å². The summed E-state index contributed by atoms with van der Waals surface area (Å²) in [5, 5.41) is -0.263. The maximum atomic E-state index is 12.7. The number of para-hydroxylation sites is 1. The number of nitrogens with zero attached hydrogens (tertiary/aromatic N) is 1. The number of hydrogen-bond acceptors (Lipinski definition) is 4. The minimum absolute atomic E-state index is 0.00117. The first-order valence-electron chi connectivity index (χ1n) is 9.25. The van der Waals surface area contributed by atoms with E-state index in [1.54, 1.807) is 0 Å². The molecular formula is C22H18Cl4N2O3S. The highest BCUT2D eigenvalue weighted by Gasteiger charge is 2.27. The molecule has 5 nitrogen and oxygen atoms in total. The quantitative estimate of drug-likeness (QED) is 0.241. The lowest BCUT2D eigenvalue weighted by Gasteiger charge is -2.23. The molecular weight excluding hydrogens is 514 g/mol. The van der Waals surface area contributed by atoms with Crippen LogP contribution in [0.2, 0.25) is 10.0 Å². The molecule has 0 saturated heterocycles. The fourth-order valence-electron chi connectivity index (χ4n) is 2.84. The van der Waals surface area contributed by atoms with Gasteiger partial charge in [0.05, 0.1) is 27.3 Å². The molecule has 1 unspecified atom stereocenters. The minimum atomic E-state index is -3.97. The van der Waals surface area contributed by atoms with E-state index >= 15 is 0 Å². The molecule has 2 aromatic carbocycles. The summed E-state index contributed by atoms with van der Waals surface area (Å²) in [5.41, 5.74) is 2.07. The molecule has 0 fully saturated rings. The van der Waals surface area contributed by atoms with Crippen LogP contribution >= 0.6 is 46.4 Å². The van der Waals surface area contributed by atoms with Crippen LogP contribution in [0.1, 0.15) is 12.0 Å². The second kappa shape index (κ2) is 10.3. The Bertz CT molecular complexity index is 1250. The summed E-state index contributed by atoms with van der Waals surface area (Å²) < 4.78 is 33.6. The van der Waals surface area contributed by atoms with Gasteiger partial charge in [0.15, 0.2) is 0 Å². The molecule has 0 aromatic heterocycles. The molecule has 0 radical (unpaired) electrons. The van der Waals surface area contributed by atoms with Crippen LogP contribution in [0.25, 0.3) is 0 Å². The number of alkyl halides is 1. The van der Waals surface area contributed by atoms with E-state index in [-0.39, 0.29) is 38.6 Å². The molecule has 0 spiro atoms. The number of sulfonamides is 1. The summed E-state index contributed by atoms with van der Waals surface area (Å²) in [6.45, 7) is 5.76. The number of rotatable bonds is 7. The Morgan fingerprint density at radius 1 is 1.22 bits per heavy atom. The summed E-state index contributed by atoms with van der Waals surface area (Å²) in [5.74, 6) is 0.486. The van der Waals surface area contributed by atoms with Crippen LogP contribution in [0.3, 0.4) is 0 Å². The Kier molecular flexibility index (Phi) is 7.96. The first-order valence-corrected chi connectivity index (χ1v) is 12.3. The molecule has 0 bridgehead atoms. The SMILES string of the molecule is C=C(C=Nc1ccccc1C)OC1=C(Cl)C=C(NS(=O)(=O)c2ccc(Cl)cc2Cl)CC1Cl. The molecule has 168 valence electrons. The highest BCUT2D eigenvalue weighted by Crippen LogP contribution is 2.33. The lowest BCUT2D eigenvalue weighted by molar-refractivity contribution is 0.314. The van der Waals surface area contributed by atoms with Gasteiger partial charge in [0.2, 0.25) is 0 Å². The van der Waals surface area contributed by atoms with E-state index in [0.717, 1.165) is 11.3 Å². The normalized spacial score (nSPS) is 16.8. The van der Waals surface area contributed by atoms with Crippen molar-refractivity contribution in [3.8, 4) is 0 Å². The highest BCUT2D eigenvalue weighted by atomic mass is 35.5. The largest absolute Gasteiger partial charge is 0.458 e. The molecule has 1 N–H and O–H groups in total. The third-order valence-corrected chi connectivity index (χ3v) is 7.15. The van der Waals surface area contributed by atoms with Crippen molar-refractivity contribution >= 4 is 68.3 Å². The van der Waals surface area contributed by atoms with E-state index in [2.05, 4.69) is 16.3 Å². The minimum Gasteiger partial charge on any atom is -0.458 e. The molecule has 32 heavy (non-hydrogen) atoms. The summed E-state index contributed by atoms with van der Waals surface area (Å²) in [4.78, 5) is 4.23. The zero-order valence-electron chi connectivity index (χ0n) is 16.8. The average Bonchev–Trinajstić information content (AvgIpc) is 2.69. The van der Waals surface area contributed by atoms with E-state index in [4.69, 9.17) is 51.1 Å². The van der Waals surface area contributed by atoms with Gasteiger partial charge in [-0.05, 0) is 42.8 Å². The standard InChI is InChI=1S/C22H18Cl4N2O3S/c1-13-5-3-4-6-20(13)27-12-14(2)31-22-18(25)10-16(11-19(22)26)28-32(29,30)21-8-7-15(23)9-17(21)24/h3-10,12,19,28H,2,11H2,1H3. The second-order valence-electron chi connectivity index (χ2n) is 6.85. The summed E-state index contributed by atoms with van der Waals surface area (Å²) in [6, 6.07) is 11.7. The number of halogens is 4. The Morgan fingerprint density at radius 3 is 2.59 bits per heavy atom. The van der Waals surface area contributed by atoms with Gasteiger partial charge >= 0.3 is 0 Å². The van der Waals surface area contributed by atoms with Crippen LogP contribution in [0.15, 0.2) is 87.3 Å². The molecule has 1 aliphatic carbocycles. The summed E-state index contributed by atoms with van der Waals surface area (Å²) >= 11 is 24.6. The zero-order valence-corrected chi connectivity index (χ0v) is 20.6. The number of ether oxygens (including phenoxy) is 1. The molecule has 0 saturated carbocycles. The topological polar surface area (TPSA) is 67.8 Å². The van der Waals surface area contributed by atoms with Crippen molar-refractivity contribution in [2.24, 2.45) is 4.99 Å². The lowest BCUT2D eigenvalue weighted by atomic mass is 10.1. The van der Waals surface area contributed by atoms with Crippen molar-refractivity contribution in [1.82, 2.24) is 4.72 Å². The lowest BCUT2D eigenvalue weighted by Crippen LogP contribution is -2.27. The van der Waals surface area contributed by atoms with Gasteiger partial charge in [0.25, 0.3) is 10.0 Å². The predicted octanol–water partition coefficient (Wildman–Crippen LogP) is 6.86. The summed E-state index contributed by atoms with van der Waals surface area (Å²) in [7, 11) is -3.97. The van der Waals surface area contributed by atoms with Crippen LogP contribution in [0.5, 0.6) is 0 Å². The van der Waals surface area contributed by atoms with E-state index in [0.29, 0.717) is 5.02 Å².